The fourth-order valence-electron chi connectivity index (χ4n) is 3.36. The van der Waals surface area contributed by atoms with Crippen LogP contribution in [0.5, 0.6) is 0 Å². The van der Waals surface area contributed by atoms with E-state index in [1.165, 1.54) is 45.2 Å². The second-order valence-corrected chi connectivity index (χ2v) is 6.27. The van der Waals surface area contributed by atoms with Crippen molar-refractivity contribution < 1.29 is 0 Å². The first kappa shape index (κ1) is 12.4. The number of nitrogens with one attached hydrogen (secondary N) is 1. The molecule has 1 aliphatic carbocycles. The molecule has 94 valence electrons. The third-order valence-corrected chi connectivity index (χ3v) is 4.58. The van der Waals surface area contributed by atoms with E-state index in [-0.39, 0.29) is 0 Å². The number of likely N-dealkylation sites (N-methyl/N-ethyl adjacent to an activating group) is 1. The topological polar surface area (TPSA) is 15.3 Å². The number of rotatable bonds is 3. The summed E-state index contributed by atoms with van der Waals surface area (Å²) in [5, 5.41) is 3.87. The van der Waals surface area contributed by atoms with Crippen LogP contribution in [0.3, 0.4) is 0 Å². The Hall–Kier alpha value is -0.0800. The Morgan fingerprint density at radius 3 is 2.19 bits per heavy atom. The van der Waals surface area contributed by atoms with Gasteiger partial charge in [-0.2, -0.15) is 0 Å². The van der Waals surface area contributed by atoms with E-state index < -0.39 is 0 Å². The molecule has 2 nitrogen and oxygen atoms in total. The van der Waals surface area contributed by atoms with Crippen molar-refractivity contribution in [3.8, 4) is 0 Å². The summed E-state index contributed by atoms with van der Waals surface area (Å²) in [7, 11) is 2.23. The summed E-state index contributed by atoms with van der Waals surface area (Å²) in [6.45, 7) is 7.29. The van der Waals surface area contributed by atoms with Crippen LogP contribution in [-0.4, -0.2) is 37.1 Å². The van der Waals surface area contributed by atoms with Crippen molar-refractivity contribution in [1.82, 2.24) is 10.2 Å². The smallest absolute Gasteiger partial charge is 0.0209 e. The molecule has 2 heteroatoms. The van der Waals surface area contributed by atoms with Gasteiger partial charge >= 0.3 is 0 Å². The summed E-state index contributed by atoms with van der Waals surface area (Å²) in [5.74, 6) is 1.88. The molecule has 0 aromatic carbocycles. The molecule has 1 heterocycles. The Balaban J connectivity index is 1.69. The van der Waals surface area contributed by atoms with Gasteiger partial charge in [0.25, 0.3) is 0 Å². The van der Waals surface area contributed by atoms with E-state index in [0.29, 0.717) is 0 Å². The maximum Gasteiger partial charge on any atom is 0.0209 e. The van der Waals surface area contributed by atoms with Crippen LogP contribution in [0.15, 0.2) is 0 Å². The number of hydrogen-bond donors (Lipinski definition) is 1. The van der Waals surface area contributed by atoms with E-state index in [1.807, 2.05) is 0 Å². The normalized spacial score (nSPS) is 37.1. The highest BCUT2D eigenvalue weighted by molar-refractivity contribution is 4.85. The zero-order valence-corrected chi connectivity index (χ0v) is 11.2. The van der Waals surface area contributed by atoms with Crippen LogP contribution in [0.4, 0.5) is 0 Å². The van der Waals surface area contributed by atoms with Crippen molar-refractivity contribution in [2.45, 2.75) is 58.0 Å². The predicted octanol–water partition coefficient (Wildman–Crippen LogP) is 2.49. The maximum atomic E-state index is 3.87. The Morgan fingerprint density at radius 2 is 1.69 bits per heavy atom. The van der Waals surface area contributed by atoms with E-state index in [4.69, 9.17) is 0 Å². The first-order chi connectivity index (χ1) is 7.65. The summed E-state index contributed by atoms with van der Waals surface area (Å²) in [5.41, 5.74) is 0. The van der Waals surface area contributed by atoms with Gasteiger partial charge in [-0.1, -0.05) is 13.8 Å². The fourth-order valence-corrected chi connectivity index (χ4v) is 3.36. The van der Waals surface area contributed by atoms with Gasteiger partial charge in [0.1, 0.15) is 0 Å². The lowest BCUT2D eigenvalue weighted by atomic mass is 9.79. The van der Waals surface area contributed by atoms with Gasteiger partial charge in [0, 0.05) is 18.6 Å². The van der Waals surface area contributed by atoms with Gasteiger partial charge < -0.3 is 10.2 Å². The van der Waals surface area contributed by atoms with Crippen molar-refractivity contribution in [2.75, 3.05) is 20.1 Å². The SMILES string of the molecule is CC(C)C1CCC(NC2CCN(C)C2)CC1. The Labute approximate surface area is 101 Å². The molecular formula is C14H28N2. The lowest BCUT2D eigenvalue weighted by Gasteiger charge is -2.33. The Kier molecular flexibility index (Phi) is 4.26. The van der Waals surface area contributed by atoms with Gasteiger partial charge in [0.15, 0.2) is 0 Å². The fraction of sp³-hybridized carbons (Fsp3) is 1.00. The molecule has 0 spiro atoms. The van der Waals surface area contributed by atoms with E-state index in [2.05, 4.69) is 31.1 Å². The minimum absolute atomic E-state index is 0.769. The van der Waals surface area contributed by atoms with Crippen LogP contribution in [0.25, 0.3) is 0 Å². The van der Waals surface area contributed by atoms with Crippen LogP contribution >= 0.6 is 0 Å². The molecule has 1 aliphatic heterocycles. The van der Waals surface area contributed by atoms with E-state index in [9.17, 15) is 0 Å². The van der Waals surface area contributed by atoms with Gasteiger partial charge in [-0.3, -0.25) is 0 Å². The van der Waals surface area contributed by atoms with Crippen molar-refractivity contribution in [1.29, 1.82) is 0 Å². The number of nitrogens with zero attached hydrogens (tertiary/aromatic N) is 1. The Morgan fingerprint density at radius 1 is 1.00 bits per heavy atom. The third kappa shape index (κ3) is 3.21. The van der Waals surface area contributed by atoms with Crippen LogP contribution in [0.2, 0.25) is 0 Å². The largest absolute Gasteiger partial charge is 0.310 e. The molecule has 1 atom stereocenters. The van der Waals surface area contributed by atoms with Crippen LogP contribution in [0.1, 0.15) is 46.0 Å². The van der Waals surface area contributed by atoms with Crippen molar-refractivity contribution in [3.05, 3.63) is 0 Å². The molecule has 1 N–H and O–H groups in total. The molecule has 0 aromatic heterocycles. The zero-order chi connectivity index (χ0) is 11.5. The van der Waals surface area contributed by atoms with Crippen molar-refractivity contribution >= 4 is 0 Å². The number of likely N-dealkylation sites (tertiary alicyclic amines) is 1. The standard InChI is InChI=1S/C14H28N2/c1-11(2)12-4-6-13(7-5-12)15-14-8-9-16(3)10-14/h11-15H,4-10H2,1-3H3. The lowest BCUT2D eigenvalue weighted by Crippen LogP contribution is -2.42. The molecular weight excluding hydrogens is 196 g/mol. The van der Waals surface area contributed by atoms with Crippen LogP contribution in [-0.2, 0) is 0 Å². The van der Waals surface area contributed by atoms with E-state index >= 15 is 0 Å². The first-order valence-corrected chi connectivity index (χ1v) is 7.09. The average molecular weight is 224 g/mol. The predicted molar refractivity (Wildman–Crippen MR) is 69.6 cm³/mol. The highest BCUT2D eigenvalue weighted by Crippen LogP contribution is 2.30. The maximum absolute atomic E-state index is 3.87. The molecule has 0 bridgehead atoms. The van der Waals surface area contributed by atoms with Crippen molar-refractivity contribution in [2.24, 2.45) is 11.8 Å². The van der Waals surface area contributed by atoms with Gasteiger partial charge in [0.05, 0.1) is 0 Å². The second kappa shape index (κ2) is 5.50. The van der Waals surface area contributed by atoms with E-state index in [1.54, 1.807) is 0 Å². The minimum Gasteiger partial charge on any atom is -0.310 e. The monoisotopic (exact) mass is 224 g/mol. The number of hydrogen-bond acceptors (Lipinski definition) is 2. The highest BCUT2D eigenvalue weighted by atomic mass is 15.2. The molecule has 2 rings (SSSR count). The quantitative estimate of drug-likeness (QED) is 0.792. The lowest BCUT2D eigenvalue weighted by molar-refractivity contribution is 0.228. The molecule has 0 radical (unpaired) electrons. The van der Waals surface area contributed by atoms with Crippen LogP contribution in [0, 0.1) is 11.8 Å². The Bertz CT molecular complexity index is 207. The summed E-state index contributed by atoms with van der Waals surface area (Å²) >= 11 is 0. The summed E-state index contributed by atoms with van der Waals surface area (Å²) in [6.07, 6.45) is 7.04. The average Bonchev–Trinajstić information content (AvgIpc) is 2.65. The van der Waals surface area contributed by atoms with E-state index in [0.717, 1.165) is 23.9 Å². The summed E-state index contributed by atoms with van der Waals surface area (Å²) in [6, 6.07) is 1.58. The van der Waals surface area contributed by atoms with Gasteiger partial charge in [0.2, 0.25) is 0 Å². The van der Waals surface area contributed by atoms with Crippen molar-refractivity contribution in [3.63, 3.8) is 0 Å². The van der Waals surface area contributed by atoms with Gasteiger partial charge in [-0.25, -0.2) is 0 Å². The molecule has 0 aromatic rings. The molecule has 1 saturated carbocycles. The van der Waals surface area contributed by atoms with Crippen LogP contribution < -0.4 is 5.32 Å². The zero-order valence-electron chi connectivity index (χ0n) is 11.2. The molecule has 16 heavy (non-hydrogen) atoms. The second-order valence-electron chi connectivity index (χ2n) is 6.27. The highest BCUT2D eigenvalue weighted by Gasteiger charge is 2.26. The summed E-state index contributed by atoms with van der Waals surface area (Å²) in [4.78, 5) is 2.44. The molecule has 2 aliphatic rings. The molecule has 0 amide bonds. The third-order valence-electron chi connectivity index (χ3n) is 4.58. The summed E-state index contributed by atoms with van der Waals surface area (Å²) < 4.78 is 0. The first-order valence-electron chi connectivity index (χ1n) is 7.09. The molecule has 1 saturated heterocycles. The molecule has 2 fully saturated rings. The van der Waals surface area contributed by atoms with Gasteiger partial charge in [-0.15, -0.1) is 0 Å². The minimum atomic E-state index is 0.769. The van der Waals surface area contributed by atoms with Gasteiger partial charge in [-0.05, 0) is 57.5 Å². The molecule has 1 unspecified atom stereocenters.